The lowest BCUT2D eigenvalue weighted by atomic mass is 10.1. The number of nitrogens with one attached hydrogen (secondary N) is 1. The van der Waals surface area contributed by atoms with Gasteiger partial charge in [0.1, 0.15) is 0 Å². The number of nitrogens with zero attached hydrogens (tertiary/aromatic N) is 2. The van der Waals surface area contributed by atoms with E-state index in [2.05, 4.69) is 10.3 Å². The first kappa shape index (κ1) is 20.0. The molecule has 1 fully saturated rings. The van der Waals surface area contributed by atoms with Crippen LogP contribution in [0.2, 0.25) is 0 Å². The molecule has 0 radical (unpaired) electrons. The molecule has 0 unspecified atom stereocenters. The molecule has 7 nitrogen and oxygen atoms in total. The second-order valence-electron chi connectivity index (χ2n) is 6.92. The molecule has 4 rings (SSSR count). The number of carbonyl (C=O) groups is 3. The van der Waals surface area contributed by atoms with Gasteiger partial charge in [0.25, 0.3) is 5.91 Å². The van der Waals surface area contributed by atoms with Crippen LogP contribution >= 0.6 is 11.3 Å². The number of benzene rings is 2. The first-order valence-electron chi connectivity index (χ1n) is 9.79. The highest BCUT2D eigenvalue weighted by molar-refractivity contribution is 7.18. The van der Waals surface area contributed by atoms with Gasteiger partial charge in [0.05, 0.1) is 26.5 Å². The highest BCUT2D eigenvalue weighted by atomic mass is 32.1. The molecule has 0 bridgehead atoms. The summed E-state index contributed by atoms with van der Waals surface area (Å²) in [6.45, 7) is 0.616. The zero-order valence-electron chi connectivity index (χ0n) is 16.3. The largest absolute Gasteiger partial charge is 0.452 e. The van der Waals surface area contributed by atoms with Crippen molar-refractivity contribution in [1.82, 2.24) is 10.3 Å². The maximum atomic E-state index is 12.5. The molecule has 1 N–H and O–H groups in total. The van der Waals surface area contributed by atoms with Crippen LogP contribution in [0.25, 0.3) is 10.2 Å². The number of para-hydroxylation sites is 2. The molecule has 154 valence electrons. The highest BCUT2D eigenvalue weighted by Crippen LogP contribution is 2.26. The number of rotatable bonds is 7. The van der Waals surface area contributed by atoms with E-state index in [4.69, 9.17) is 4.74 Å². The van der Waals surface area contributed by atoms with Crippen LogP contribution < -0.4 is 10.2 Å². The van der Waals surface area contributed by atoms with Crippen molar-refractivity contribution in [2.45, 2.75) is 19.3 Å². The second-order valence-corrected chi connectivity index (χ2v) is 8.03. The van der Waals surface area contributed by atoms with Crippen molar-refractivity contribution in [3.63, 3.8) is 0 Å². The summed E-state index contributed by atoms with van der Waals surface area (Å²) in [6.07, 6.45) is 1.85. The molecule has 1 saturated heterocycles. The minimum absolute atomic E-state index is 0.0113. The van der Waals surface area contributed by atoms with Gasteiger partial charge in [0.15, 0.2) is 6.61 Å². The van der Waals surface area contributed by atoms with E-state index in [0.29, 0.717) is 31.6 Å². The summed E-state index contributed by atoms with van der Waals surface area (Å²) in [5.74, 6) is -1.01. The van der Waals surface area contributed by atoms with Gasteiger partial charge >= 0.3 is 5.97 Å². The van der Waals surface area contributed by atoms with E-state index < -0.39 is 5.97 Å². The normalized spacial score (nSPS) is 13.6. The van der Waals surface area contributed by atoms with E-state index in [1.54, 1.807) is 40.5 Å². The van der Waals surface area contributed by atoms with Crippen LogP contribution in [0.3, 0.4) is 0 Å². The standard InChI is InChI=1S/C22H21N3O4S/c26-19(23-12-11-20-24-16-7-2-4-9-18(16)30-20)14-29-22(28)15-6-1-3-8-17(15)25-13-5-10-21(25)27/h1-4,6-9H,5,10-14H2,(H,23,26). The Morgan fingerprint density at radius 3 is 2.73 bits per heavy atom. The topological polar surface area (TPSA) is 88.6 Å². The van der Waals surface area contributed by atoms with Crippen molar-refractivity contribution >= 4 is 45.0 Å². The van der Waals surface area contributed by atoms with Gasteiger partial charge in [0, 0.05) is 25.9 Å². The molecule has 2 aromatic carbocycles. The third kappa shape index (κ3) is 4.49. The average Bonchev–Trinajstić information content (AvgIpc) is 3.37. The fourth-order valence-electron chi connectivity index (χ4n) is 3.38. The molecule has 2 heterocycles. The molecular weight excluding hydrogens is 402 g/mol. The van der Waals surface area contributed by atoms with Gasteiger partial charge in [-0.25, -0.2) is 9.78 Å². The quantitative estimate of drug-likeness (QED) is 0.591. The number of hydrogen-bond donors (Lipinski definition) is 1. The van der Waals surface area contributed by atoms with E-state index in [-0.39, 0.29) is 24.0 Å². The Balaban J connectivity index is 1.28. The van der Waals surface area contributed by atoms with Crippen LogP contribution in [-0.2, 0) is 20.7 Å². The third-order valence-corrected chi connectivity index (χ3v) is 5.92. The minimum atomic E-state index is -0.619. The third-order valence-electron chi connectivity index (χ3n) is 4.82. The molecular formula is C22H21N3O4S. The number of esters is 1. The van der Waals surface area contributed by atoms with Crippen LogP contribution in [0.4, 0.5) is 5.69 Å². The summed E-state index contributed by atoms with van der Waals surface area (Å²) >= 11 is 1.60. The Bertz CT molecular complexity index is 1060. The number of amides is 2. The summed E-state index contributed by atoms with van der Waals surface area (Å²) in [4.78, 5) is 42.7. The summed E-state index contributed by atoms with van der Waals surface area (Å²) in [7, 11) is 0. The van der Waals surface area contributed by atoms with Crippen molar-refractivity contribution in [3.8, 4) is 0 Å². The SMILES string of the molecule is O=C(COC(=O)c1ccccc1N1CCCC1=O)NCCc1nc2ccccc2s1. The van der Waals surface area contributed by atoms with E-state index in [9.17, 15) is 14.4 Å². The van der Waals surface area contributed by atoms with Gasteiger partial charge in [-0.05, 0) is 30.7 Å². The summed E-state index contributed by atoms with van der Waals surface area (Å²) in [5.41, 5.74) is 1.77. The Labute approximate surface area is 177 Å². The average molecular weight is 423 g/mol. The Morgan fingerprint density at radius 1 is 1.13 bits per heavy atom. The fraction of sp³-hybridized carbons (Fsp3) is 0.273. The summed E-state index contributed by atoms with van der Waals surface area (Å²) < 4.78 is 6.29. The number of anilines is 1. The van der Waals surface area contributed by atoms with Crippen molar-refractivity contribution in [1.29, 1.82) is 0 Å². The molecule has 0 atom stereocenters. The van der Waals surface area contributed by atoms with E-state index >= 15 is 0 Å². The van der Waals surface area contributed by atoms with Gasteiger partial charge in [-0.1, -0.05) is 24.3 Å². The van der Waals surface area contributed by atoms with Crippen LogP contribution in [0.15, 0.2) is 48.5 Å². The van der Waals surface area contributed by atoms with Crippen LogP contribution in [0.1, 0.15) is 28.2 Å². The lowest BCUT2D eigenvalue weighted by Gasteiger charge is -2.18. The second kappa shape index (κ2) is 9.04. The monoisotopic (exact) mass is 423 g/mol. The molecule has 8 heteroatoms. The van der Waals surface area contributed by atoms with Gasteiger partial charge in [0.2, 0.25) is 5.91 Å². The Morgan fingerprint density at radius 2 is 1.93 bits per heavy atom. The molecule has 30 heavy (non-hydrogen) atoms. The molecule has 1 aliphatic heterocycles. The van der Waals surface area contributed by atoms with E-state index in [0.717, 1.165) is 21.6 Å². The molecule has 0 aliphatic carbocycles. The van der Waals surface area contributed by atoms with Crippen molar-refractivity contribution in [2.24, 2.45) is 0 Å². The first-order chi connectivity index (χ1) is 14.6. The summed E-state index contributed by atoms with van der Waals surface area (Å²) in [5, 5.41) is 3.69. The Kier molecular flexibility index (Phi) is 6.04. The highest BCUT2D eigenvalue weighted by Gasteiger charge is 2.26. The fourth-order valence-corrected chi connectivity index (χ4v) is 4.35. The predicted octanol–water partition coefficient (Wildman–Crippen LogP) is 2.94. The number of ether oxygens (including phenoxy) is 1. The molecule has 3 aromatic rings. The Hall–Kier alpha value is -3.26. The molecule has 2 amide bonds. The van der Waals surface area contributed by atoms with Gasteiger partial charge in [-0.2, -0.15) is 0 Å². The van der Waals surface area contributed by atoms with Gasteiger partial charge < -0.3 is 15.0 Å². The first-order valence-corrected chi connectivity index (χ1v) is 10.6. The maximum absolute atomic E-state index is 12.5. The smallest absolute Gasteiger partial charge is 0.340 e. The maximum Gasteiger partial charge on any atom is 0.340 e. The minimum Gasteiger partial charge on any atom is -0.452 e. The van der Waals surface area contributed by atoms with Crippen molar-refractivity contribution < 1.29 is 19.1 Å². The van der Waals surface area contributed by atoms with E-state index in [1.165, 1.54) is 0 Å². The van der Waals surface area contributed by atoms with E-state index in [1.807, 2.05) is 24.3 Å². The van der Waals surface area contributed by atoms with Crippen molar-refractivity contribution in [3.05, 3.63) is 59.1 Å². The lowest BCUT2D eigenvalue weighted by Crippen LogP contribution is -2.31. The predicted molar refractivity (Wildman–Crippen MR) is 115 cm³/mol. The number of carbonyl (C=O) groups excluding carboxylic acids is 3. The van der Waals surface area contributed by atoms with Gasteiger partial charge in [-0.3, -0.25) is 9.59 Å². The van der Waals surface area contributed by atoms with Crippen LogP contribution in [-0.4, -0.2) is 42.5 Å². The van der Waals surface area contributed by atoms with Crippen molar-refractivity contribution in [2.75, 3.05) is 24.6 Å². The summed E-state index contributed by atoms with van der Waals surface area (Å²) in [6, 6.07) is 14.7. The lowest BCUT2D eigenvalue weighted by molar-refractivity contribution is -0.124. The van der Waals surface area contributed by atoms with Crippen LogP contribution in [0.5, 0.6) is 0 Å². The zero-order chi connectivity index (χ0) is 20.9. The number of aromatic nitrogens is 1. The van der Waals surface area contributed by atoms with Gasteiger partial charge in [-0.15, -0.1) is 11.3 Å². The number of thiazole rings is 1. The zero-order valence-corrected chi connectivity index (χ0v) is 17.1. The molecule has 0 spiro atoms. The molecule has 1 aromatic heterocycles. The van der Waals surface area contributed by atoms with Crippen LogP contribution in [0, 0.1) is 0 Å². The molecule has 0 saturated carbocycles. The number of fused-ring (bicyclic) bond motifs is 1. The number of hydrogen-bond acceptors (Lipinski definition) is 6. The molecule has 1 aliphatic rings.